The van der Waals surface area contributed by atoms with Crippen LogP contribution >= 0.6 is 0 Å². The van der Waals surface area contributed by atoms with E-state index in [0.29, 0.717) is 12.0 Å². The second-order valence-electron chi connectivity index (χ2n) is 7.82. The third-order valence-electron chi connectivity index (χ3n) is 6.02. The normalized spacial score (nSPS) is 28.3. The molecule has 3 nitrogen and oxygen atoms in total. The van der Waals surface area contributed by atoms with Crippen molar-refractivity contribution >= 4 is 11.4 Å². The van der Waals surface area contributed by atoms with E-state index < -0.39 is 0 Å². The molecular formula is C22H25N3. The van der Waals surface area contributed by atoms with Crippen LogP contribution in [0.5, 0.6) is 0 Å². The predicted octanol–water partition coefficient (Wildman–Crippen LogP) is 4.21. The third kappa shape index (κ3) is 2.41. The Bertz CT molecular complexity index is 841. The summed E-state index contributed by atoms with van der Waals surface area (Å²) >= 11 is 0. The maximum atomic E-state index is 5.13. The first-order valence-corrected chi connectivity index (χ1v) is 9.51. The maximum Gasteiger partial charge on any atom is 0.0838 e. The number of rotatable bonds is 1. The van der Waals surface area contributed by atoms with Crippen molar-refractivity contribution in [1.82, 2.24) is 5.32 Å². The zero-order valence-electron chi connectivity index (χ0n) is 15.0. The number of nitrogens with one attached hydrogen (secondary N) is 1. The number of para-hydroxylation sites is 1. The zero-order valence-corrected chi connectivity index (χ0v) is 15.0. The summed E-state index contributed by atoms with van der Waals surface area (Å²) in [6.45, 7) is 6.66. The summed E-state index contributed by atoms with van der Waals surface area (Å²) in [6.07, 6.45) is 5.85. The molecule has 0 bridgehead atoms. The Kier molecular flexibility index (Phi) is 3.46. The van der Waals surface area contributed by atoms with Gasteiger partial charge in [-0.05, 0) is 55.0 Å². The number of anilines is 1. The van der Waals surface area contributed by atoms with Gasteiger partial charge in [-0.25, -0.2) is 4.99 Å². The SMILES string of the molecule is CC1CC2=C(CN1)C1=NC3=CN(c4ccccc4)CC(C)C3=C1CC2. The summed E-state index contributed by atoms with van der Waals surface area (Å²) < 4.78 is 0. The van der Waals surface area contributed by atoms with Gasteiger partial charge in [0.1, 0.15) is 0 Å². The van der Waals surface area contributed by atoms with Crippen molar-refractivity contribution in [1.29, 1.82) is 0 Å². The van der Waals surface area contributed by atoms with E-state index in [-0.39, 0.29) is 0 Å². The van der Waals surface area contributed by atoms with E-state index in [1.54, 1.807) is 5.57 Å². The number of aliphatic imine (C=N–C) groups is 1. The van der Waals surface area contributed by atoms with Crippen molar-refractivity contribution in [2.24, 2.45) is 10.9 Å². The van der Waals surface area contributed by atoms with E-state index in [1.807, 2.05) is 0 Å². The summed E-state index contributed by atoms with van der Waals surface area (Å²) in [5.74, 6) is 0.522. The first-order chi connectivity index (χ1) is 12.2. The summed E-state index contributed by atoms with van der Waals surface area (Å²) in [6, 6.07) is 11.3. The van der Waals surface area contributed by atoms with Crippen LogP contribution in [0.1, 0.15) is 33.1 Å². The molecule has 0 saturated carbocycles. The van der Waals surface area contributed by atoms with Crippen molar-refractivity contribution in [2.45, 2.75) is 39.2 Å². The molecule has 1 aliphatic carbocycles. The van der Waals surface area contributed by atoms with Gasteiger partial charge in [0, 0.05) is 36.9 Å². The lowest BCUT2D eigenvalue weighted by atomic mass is 9.79. The number of allylic oxidation sites excluding steroid dienone is 2. The third-order valence-corrected chi connectivity index (χ3v) is 6.02. The van der Waals surface area contributed by atoms with Crippen LogP contribution < -0.4 is 10.2 Å². The highest BCUT2D eigenvalue weighted by molar-refractivity contribution is 6.17. The fraction of sp³-hybridized carbons (Fsp3) is 0.409. The van der Waals surface area contributed by atoms with Crippen molar-refractivity contribution in [3.63, 3.8) is 0 Å². The molecule has 0 aromatic heterocycles. The maximum absolute atomic E-state index is 5.13. The lowest BCUT2D eigenvalue weighted by molar-refractivity contribution is 0.530. The van der Waals surface area contributed by atoms with Crippen molar-refractivity contribution < 1.29 is 0 Å². The average molecular weight is 331 g/mol. The lowest BCUT2D eigenvalue weighted by Gasteiger charge is -2.33. The molecule has 2 unspecified atom stereocenters. The van der Waals surface area contributed by atoms with Gasteiger partial charge < -0.3 is 10.2 Å². The predicted molar refractivity (Wildman–Crippen MR) is 104 cm³/mol. The highest BCUT2D eigenvalue weighted by Gasteiger charge is 2.36. The molecule has 0 fully saturated rings. The highest BCUT2D eigenvalue weighted by Crippen LogP contribution is 2.44. The molecule has 1 aromatic carbocycles. The standard InChI is InChI=1S/C22H25N3/c1-14-12-25(17-6-4-3-5-7-17)13-20-21(14)18-9-8-16-10-15(2)23-11-19(16)22(18)24-20/h3-7,13-15,23H,8-12H2,1-2H3. The van der Waals surface area contributed by atoms with Crippen LogP contribution in [0.4, 0.5) is 5.69 Å². The van der Waals surface area contributed by atoms with Gasteiger partial charge in [-0.3, -0.25) is 0 Å². The van der Waals surface area contributed by atoms with Gasteiger partial charge in [0.05, 0.1) is 11.4 Å². The summed E-state index contributed by atoms with van der Waals surface area (Å²) in [5, 5.41) is 3.63. The molecule has 0 radical (unpaired) electrons. The van der Waals surface area contributed by atoms with E-state index in [9.17, 15) is 0 Å². The van der Waals surface area contributed by atoms with Crippen LogP contribution in [0.25, 0.3) is 0 Å². The van der Waals surface area contributed by atoms with Gasteiger partial charge in [-0.1, -0.05) is 30.7 Å². The second-order valence-corrected chi connectivity index (χ2v) is 7.82. The Hall–Kier alpha value is -2.13. The minimum absolute atomic E-state index is 0.522. The second kappa shape index (κ2) is 5.70. The molecule has 1 N–H and O–H groups in total. The average Bonchev–Trinajstić information content (AvgIpc) is 3.01. The van der Waals surface area contributed by atoms with Crippen LogP contribution in [-0.4, -0.2) is 24.8 Å². The van der Waals surface area contributed by atoms with Crippen molar-refractivity contribution in [3.8, 4) is 0 Å². The largest absolute Gasteiger partial charge is 0.345 e. The van der Waals surface area contributed by atoms with Crippen molar-refractivity contribution in [3.05, 3.63) is 64.5 Å². The Morgan fingerprint density at radius 3 is 2.76 bits per heavy atom. The molecule has 5 rings (SSSR count). The van der Waals surface area contributed by atoms with Gasteiger partial charge in [-0.2, -0.15) is 0 Å². The Morgan fingerprint density at radius 2 is 1.92 bits per heavy atom. The lowest BCUT2D eigenvalue weighted by Crippen LogP contribution is -2.37. The molecule has 1 aromatic rings. The molecule has 0 spiro atoms. The molecule has 3 heterocycles. The molecule has 4 aliphatic rings. The number of benzene rings is 1. The Labute approximate surface area is 149 Å². The molecule has 128 valence electrons. The van der Waals surface area contributed by atoms with Crippen LogP contribution in [0, 0.1) is 5.92 Å². The van der Waals surface area contributed by atoms with Gasteiger partial charge in [0.2, 0.25) is 0 Å². The summed E-state index contributed by atoms with van der Waals surface area (Å²) in [5.41, 5.74) is 9.91. The Balaban J connectivity index is 1.57. The van der Waals surface area contributed by atoms with Gasteiger partial charge in [0.25, 0.3) is 0 Å². The topological polar surface area (TPSA) is 27.6 Å². The molecule has 25 heavy (non-hydrogen) atoms. The van der Waals surface area contributed by atoms with Gasteiger partial charge in [-0.15, -0.1) is 0 Å². The Morgan fingerprint density at radius 1 is 1.08 bits per heavy atom. The minimum Gasteiger partial charge on any atom is -0.345 e. The fourth-order valence-electron chi connectivity index (χ4n) is 4.81. The number of hydrogen-bond acceptors (Lipinski definition) is 3. The summed E-state index contributed by atoms with van der Waals surface area (Å²) in [4.78, 5) is 7.49. The first kappa shape index (κ1) is 15.2. The van der Waals surface area contributed by atoms with Crippen LogP contribution in [0.2, 0.25) is 0 Å². The smallest absolute Gasteiger partial charge is 0.0838 e. The van der Waals surface area contributed by atoms with Crippen molar-refractivity contribution in [2.75, 3.05) is 18.0 Å². The van der Waals surface area contributed by atoms with Crippen LogP contribution in [0.3, 0.4) is 0 Å². The van der Waals surface area contributed by atoms with Gasteiger partial charge in [0.15, 0.2) is 0 Å². The number of fused-ring (bicyclic) bond motifs is 3. The van der Waals surface area contributed by atoms with E-state index in [4.69, 9.17) is 4.99 Å². The minimum atomic E-state index is 0.522. The van der Waals surface area contributed by atoms with E-state index >= 15 is 0 Å². The molecule has 0 saturated heterocycles. The summed E-state index contributed by atoms with van der Waals surface area (Å²) in [7, 11) is 0. The highest BCUT2D eigenvalue weighted by atomic mass is 15.1. The fourth-order valence-corrected chi connectivity index (χ4v) is 4.81. The van der Waals surface area contributed by atoms with E-state index in [2.05, 4.69) is 60.6 Å². The molecule has 3 aliphatic heterocycles. The first-order valence-electron chi connectivity index (χ1n) is 9.51. The van der Waals surface area contributed by atoms with Crippen LogP contribution in [-0.2, 0) is 0 Å². The van der Waals surface area contributed by atoms with Gasteiger partial charge >= 0.3 is 0 Å². The monoisotopic (exact) mass is 331 g/mol. The number of nitrogens with zero attached hydrogens (tertiary/aromatic N) is 2. The molecule has 3 heteroatoms. The van der Waals surface area contributed by atoms with Crippen LogP contribution in [0.15, 0.2) is 69.5 Å². The zero-order chi connectivity index (χ0) is 17.0. The molecular weight excluding hydrogens is 306 g/mol. The quantitative estimate of drug-likeness (QED) is 0.835. The molecule has 2 atom stereocenters. The molecule has 0 amide bonds. The van der Waals surface area contributed by atoms with E-state index in [1.165, 1.54) is 53.1 Å². The van der Waals surface area contributed by atoms with E-state index in [0.717, 1.165) is 13.1 Å². The number of hydrogen-bond donors (Lipinski definition) is 1.